The highest BCUT2D eigenvalue weighted by Gasteiger charge is 2.30. The predicted molar refractivity (Wildman–Crippen MR) is 52.2 cm³/mol. The minimum Gasteiger partial charge on any atom is -0.508 e. The fraction of sp³-hybridized carbons (Fsp3) is 0.400. The van der Waals surface area contributed by atoms with Crippen LogP contribution in [0.25, 0.3) is 0 Å². The number of hydrogen-bond acceptors (Lipinski definition) is 3. The van der Waals surface area contributed by atoms with Crippen LogP contribution in [0, 0.1) is 5.92 Å². The smallest absolute Gasteiger partial charge is 0.122 e. The minimum atomic E-state index is -0.0272. The zero-order chi connectivity index (χ0) is 9.42. The Morgan fingerprint density at radius 1 is 1.38 bits per heavy atom. The standard InChI is InChI=1S/C10H14N2O/c11-7-3-4-8(9(13)5-7)10(12)6-1-2-6/h3-6,10,13H,1-2,11-12H2. The van der Waals surface area contributed by atoms with E-state index in [-0.39, 0.29) is 11.8 Å². The summed E-state index contributed by atoms with van der Waals surface area (Å²) in [6.07, 6.45) is 2.34. The molecule has 70 valence electrons. The number of phenolic OH excluding ortho intramolecular Hbond substituents is 1. The summed E-state index contributed by atoms with van der Waals surface area (Å²) in [5.74, 6) is 0.772. The third kappa shape index (κ3) is 1.60. The van der Waals surface area contributed by atoms with E-state index in [4.69, 9.17) is 11.5 Å². The molecule has 13 heavy (non-hydrogen) atoms. The van der Waals surface area contributed by atoms with Gasteiger partial charge >= 0.3 is 0 Å². The summed E-state index contributed by atoms with van der Waals surface area (Å²) in [5, 5.41) is 9.58. The highest BCUT2D eigenvalue weighted by molar-refractivity contribution is 5.49. The molecule has 0 bridgehead atoms. The molecule has 3 heteroatoms. The number of phenols is 1. The van der Waals surface area contributed by atoms with Gasteiger partial charge in [0.05, 0.1) is 0 Å². The second-order valence-corrected chi connectivity index (χ2v) is 3.68. The molecule has 5 N–H and O–H groups in total. The molecule has 3 nitrogen and oxygen atoms in total. The highest BCUT2D eigenvalue weighted by Crippen LogP contribution is 2.42. The van der Waals surface area contributed by atoms with Gasteiger partial charge in [-0.05, 0) is 24.8 Å². The van der Waals surface area contributed by atoms with Crippen LogP contribution in [0.15, 0.2) is 18.2 Å². The van der Waals surface area contributed by atoms with E-state index in [1.54, 1.807) is 12.1 Å². The van der Waals surface area contributed by atoms with E-state index in [2.05, 4.69) is 0 Å². The van der Waals surface area contributed by atoms with E-state index in [1.165, 1.54) is 12.8 Å². The Morgan fingerprint density at radius 2 is 2.08 bits per heavy atom. The number of hydrogen-bond donors (Lipinski definition) is 3. The molecule has 1 aromatic rings. The molecule has 0 saturated heterocycles. The van der Waals surface area contributed by atoms with Crippen LogP contribution in [0.2, 0.25) is 0 Å². The van der Waals surface area contributed by atoms with Crippen molar-refractivity contribution in [3.63, 3.8) is 0 Å². The van der Waals surface area contributed by atoms with E-state index >= 15 is 0 Å². The first-order valence-corrected chi connectivity index (χ1v) is 4.52. The molecule has 1 saturated carbocycles. The van der Waals surface area contributed by atoms with Gasteiger partial charge in [0.25, 0.3) is 0 Å². The molecule has 1 fully saturated rings. The van der Waals surface area contributed by atoms with Crippen molar-refractivity contribution >= 4 is 5.69 Å². The van der Waals surface area contributed by atoms with Crippen LogP contribution in [-0.4, -0.2) is 5.11 Å². The summed E-state index contributed by atoms with van der Waals surface area (Å²) >= 11 is 0. The molecule has 0 aliphatic heterocycles. The van der Waals surface area contributed by atoms with Crippen LogP contribution in [-0.2, 0) is 0 Å². The number of benzene rings is 1. The average molecular weight is 178 g/mol. The third-order valence-electron chi connectivity index (χ3n) is 2.54. The monoisotopic (exact) mass is 178 g/mol. The Balaban J connectivity index is 2.28. The van der Waals surface area contributed by atoms with Crippen LogP contribution in [0.5, 0.6) is 5.75 Å². The van der Waals surface area contributed by atoms with Crippen molar-refractivity contribution in [2.45, 2.75) is 18.9 Å². The first kappa shape index (κ1) is 8.38. The van der Waals surface area contributed by atoms with Gasteiger partial charge in [0.1, 0.15) is 5.75 Å². The molecule has 1 unspecified atom stereocenters. The number of nitrogens with two attached hydrogens (primary N) is 2. The molecular formula is C10H14N2O. The van der Waals surface area contributed by atoms with Gasteiger partial charge in [-0.1, -0.05) is 6.07 Å². The molecule has 1 atom stereocenters. The predicted octanol–water partition coefficient (Wildman–Crippen LogP) is 1.38. The summed E-state index contributed by atoms with van der Waals surface area (Å²) in [6.45, 7) is 0. The Morgan fingerprint density at radius 3 is 2.62 bits per heavy atom. The summed E-state index contributed by atoms with van der Waals surface area (Å²) in [7, 11) is 0. The lowest BCUT2D eigenvalue weighted by molar-refractivity contribution is 0.456. The molecule has 1 aliphatic carbocycles. The maximum atomic E-state index is 9.58. The fourth-order valence-corrected chi connectivity index (χ4v) is 1.55. The van der Waals surface area contributed by atoms with Crippen LogP contribution in [0.3, 0.4) is 0 Å². The first-order valence-electron chi connectivity index (χ1n) is 4.52. The molecule has 0 aromatic heterocycles. The number of aromatic hydroxyl groups is 1. The summed E-state index contributed by atoms with van der Waals surface area (Å²) in [4.78, 5) is 0. The van der Waals surface area contributed by atoms with Crippen molar-refractivity contribution in [1.82, 2.24) is 0 Å². The largest absolute Gasteiger partial charge is 0.508 e. The van der Waals surface area contributed by atoms with Crippen LogP contribution in [0.4, 0.5) is 5.69 Å². The molecule has 1 aliphatic rings. The normalized spacial score (nSPS) is 18.5. The van der Waals surface area contributed by atoms with Gasteiger partial charge in [-0.3, -0.25) is 0 Å². The quantitative estimate of drug-likeness (QED) is 0.599. The van der Waals surface area contributed by atoms with Gasteiger partial charge in [-0.15, -0.1) is 0 Å². The van der Waals surface area contributed by atoms with Crippen LogP contribution < -0.4 is 11.5 Å². The molecular weight excluding hydrogens is 164 g/mol. The van der Waals surface area contributed by atoms with Crippen LogP contribution >= 0.6 is 0 Å². The molecule has 1 aromatic carbocycles. The van der Waals surface area contributed by atoms with Gasteiger partial charge in [0.2, 0.25) is 0 Å². The lowest BCUT2D eigenvalue weighted by atomic mass is 10.0. The minimum absolute atomic E-state index is 0.0272. The maximum absolute atomic E-state index is 9.58. The summed E-state index contributed by atoms with van der Waals surface area (Å²) < 4.78 is 0. The number of rotatable bonds is 2. The zero-order valence-electron chi connectivity index (χ0n) is 7.40. The second-order valence-electron chi connectivity index (χ2n) is 3.68. The topological polar surface area (TPSA) is 72.3 Å². The molecule has 0 heterocycles. The Hall–Kier alpha value is -1.22. The lowest BCUT2D eigenvalue weighted by Crippen LogP contribution is -2.12. The van der Waals surface area contributed by atoms with E-state index in [0.717, 1.165) is 5.56 Å². The van der Waals surface area contributed by atoms with Gasteiger partial charge in [0.15, 0.2) is 0 Å². The Kier molecular flexibility index (Phi) is 1.88. The number of anilines is 1. The maximum Gasteiger partial charge on any atom is 0.122 e. The molecule has 0 radical (unpaired) electrons. The Labute approximate surface area is 77.4 Å². The molecule has 0 spiro atoms. The first-order chi connectivity index (χ1) is 6.18. The molecule has 2 rings (SSSR count). The van der Waals surface area contributed by atoms with E-state index < -0.39 is 0 Å². The zero-order valence-corrected chi connectivity index (χ0v) is 7.40. The molecule has 0 amide bonds. The van der Waals surface area contributed by atoms with Crippen molar-refractivity contribution in [2.24, 2.45) is 11.7 Å². The second kappa shape index (κ2) is 2.92. The van der Waals surface area contributed by atoms with Gasteiger partial charge < -0.3 is 16.6 Å². The fourth-order valence-electron chi connectivity index (χ4n) is 1.55. The van der Waals surface area contributed by atoms with E-state index in [1.807, 2.05) is 6.07 Å². The Bertz CT molecular complexity index is 321. The average Bonchev–Trinajstić information content (AvgIpc) is 2.85. The van der Waals surface area contributed by atoms with E-state index in [9.17, 15) is 5.11 Å². The van der Waals surface area contributed by atoms with Gasteiger partial charge in [-0.2, -0.15) is 0 Å². The number of nitrogen functional groups attached to an aromatic ring is 1. The van der Waals surface area contributed by atoms with Crippen molar-refractivity contribution in [1.29, 1.82) is 0 Å². The van der Waals surface area contributed by atoms with Crippen LogP contribution in [0.1, 0.15) is 24.4 Å². The highest BCUT2D eigenvalue weighted by atomic mass is 16.3. The summed E-state index contributed by atoms with van der Waals surface area (Å²) in [6, 6.07) is 5.11. The lowest BCUT2D eigenvalue weighted by Gasteiger charge is -2.12. The van der Waals surface area contributed by atoms with Crippen molar-refractivity contribution in [2.75, 3.05) is 5.73 Å². The van der Waals surface area contributed by atoms with Gasteiger partial charge in [-0.25, -0.2) is 0 Å². The van der Waals surface area contributed by atoms with Crippen molar-refractivity contribution < 1.29 is 5.11 Å². The summed E-state index contributed by atoms with van der Waals surface area (Å²) in [5.41, 5.74) is 12.9. The van der Waals surface area contributed by atoms with Crippen molar-refractivity contribution in [3.05, 3.63) is 23.8 Å². The van der Waals surface area contributed by atoms with E-state index in [0.29, 0.717) is 11.6 Å². The SMILES string of the molecule is Nc1ccc(C(N)C2CC2)c(O)c1. The third-order valence-corrected chi connectivity index (χ3v) is 2.54. The van der Waals surface area contributed by atoms with Crippen molar-refractivity contribution in [3.8, 4) is 5.75 Å². The van der Waals surface area contributed by atoms with Gasteiger partial charge in [0, 0.05) is 23.4 Å².